The van der Waals surface area contributed by atoms with Crippen LogP contribution in [0, 0.1) is 5.92 Å². The Morgan fingerprint density at radius 3 is 2.75 bits per heavy atom. The number of thioether (sulfide) groups is 1. The summed E-state index contributed by atoms with van der Waals surface area (Å²) in [4.78, 5) is 0. The minimum absolute atomic E-state index is 0.405. The van der Waals surface area contributed by atoms with Gasteiger partial charge in [0.15, 0.2) is 0 Å². The number of anilines is 1. The first kappa shape index (κ1) is 13.4. The maximum atomic E-state index is 9.95. The summed E-state index contributed by atoms with van der Waals surface area (Å²) < 4.78 is 0. The van der Waals surface area contributed by atoms with Crippen LogP contribution in [0.15, 0.2) is 24.3 Å². The molecule has 16 heavy (non-hydrogen) atoms. The largest absolute Gasteiger partial charge is 0.399 e. The van der Waals surface area contributed by atoms with Crippen LogP contribution in [0.3, 0.4) is 0 Å². The van der Waals surface area contributed by atoms with E-state index in [1.165, 1.54) is 6.42 Å². The summed E-state index contributed by atoms with van der Waals surface area (Å²) in [5.74, 6) is 2.57. The van der Waals surface area contributed by atoms with Gasteiger partial charge in [-0.15, -0.1) is 0 Å². The van der Waals surface area contributed by atoms with Crippen molar-refractivity contribution >= 4 is 17.4 Å². The molecule has 2 nitrogen and oxygen atoms in total. The van der Waals surface area contributed by atoms with Gasteiger partial charge in [-0.3, -0.25) is 0 Å². The topological polar surface area (TPSA) is 46.2 Å². The second kappa shape index (κ2) is 6.81. The molecule has 0 saturated heterocycles. The van der Waals surface area contributed by atoms with Crippen molar-refractivity contribution in [2.75, 3.05) is 17.2 Å². The molecular formula is C13H21NOS. The van der Waals surface area contributed by atoms with E-state index in [4.69, 9.17) is 5.73 Å². The second-order valence-electron chi connectivity index (χ2n) is 4.24. The predicted octanol–water partition coefficient (Wildman–Crippen LogP) is 3.08. The van der Waals surface area contributed by atoms with E-state index in [0.717, 1.165) is 23.0 Å². The molecule has 0 heterocycles. The van der Waals surface area contributed by atoms with Gasteiger partial charge in [-0.2, -0.15) is 11.8 Å². The fourth-order valence-corrected chi connectivity index (χ4v) is 2.55. The van der Waals surface area contributed by atoms with Crippen LogP contribution in [-0.4, -0.2) is 16.6 Å². The normalized spacial score (nSPS) is 14.7. The fourth-order valence-electron chi connectivity index (χ4n) is 1.36. The number of hydrogen-bond acceptors (Lipinski definition) is 3. The smallest absolute Gasteiger partial charge is 0.0881 e. The molecule has 0 bridgehead atoms. The Labute approximate surface area is 102 Å². The molecule has 2 unspecified atom stereocenters. The zero-order valence-corrected chi connectivity index (χ0v) is 10.8. The molecule has 0 aromatic heterocycles. The number of rotatable bonds is 6. The van der Waals surface area contributed by atoms with Crippen molar-refractivity contribution in [3.05, 3.63) is 29.8 Å². The highest BCUT2D eigenvalue weighted by atomic mass is 32.2. The average Bonchev–Trinajstić information content (AvgIpc) is 2.28. The van der Waals surface area contributed by atoms with Crippen LogP contribution in [0.4, 0.5) is 5.69 Å². The van der Waals surface area contributed by atoms with E-state index in [-0.39, 0.29) is 0 Å². The van der Waals surface area contributed by atoms with E-state index in [0.29, 0.717) is 5.69 Å². The summed E-state index contributed by atoms with van der Waals surface area (Å²) >= 11 is 1.80. The molecule has 1 aromatic carbocycles. The van der Waals surface area contributed by atoms with Crippen molar-refractivity contribution in [2.24, 2.45) is 5.92 Å². The lowest BCUT2D eigenvalue weighted by Gasteiger charge is -2.13. The zero-order valence-electron chi connectivity index (χ0n) is 10.0. The van der Waals surface area contributed by atoms with Gasteiger partial charge in [0.2, 0.25) is 0 Å². The highest BCUT2D eigenvalue weighted by Gasteiger charge is 2.08. The van der Waals surface area contributed by atoms with Gasteiger partial charge in [-0.1, -0.05) is 32.4 Å². The SMILES string of the molecule is CCC(C)CSCC(O)c1cccc(N)c1. The van der Waals surface area contributed by atoms with Gasteiger partial charge in [-0.25, -0.2) is 0 Å². The molecule has 0 spiro atoms. The van der Waals surface area contributed by atoms with E-state index in [9.17, 15) is 5.11 Å². The van der Waals surface area contributed by atoms with Crippen molar-refractivity contribution in [3.63, 3.8) is 0 Å². The van der Waals surface area contributed by atoms with Gasteiger partial charge >= 0.3 is 0 Å². The standard InChI is InChI=1S/C13H21NOS/c1-3-10(2)8-16-9-13(15)11-5-4-6-12(14)7-11/h4-7,10,13,15H,3,8-9,14H2,1-2H3. The number of nitrogens with two attached hydrogens (primary N) is 1. The zero-order chi connectivity index (χ0) is 12.0. The number of hydrogen-bond donors (Lipinski definition) is 2. The van der Waals surface area contributed by atoms with Crippen LogP contribution in [0.2, 0.25) is 0 Å². The summed E-state index contributed by atoms with van der Waals surface area (Å²) in [6.45, 7) is 4.43. The van der Waals surface area contributed by atoms with Crippen molar-refractivity contribution in [1.29, 1.82) is 0 Å². The van der Waals surface area contributed by atoms with Crippen LogP contribution >= 0.6 is 11.8 Å². The lowest BCUT2D eigenvalue weighted by atomic mass is 10.1. The fraction of sp³-hybridized carbons (Fsp3) is 0.538. The molecule has 2 atom stereocenters. The minimum Gasteiger partial charge on any atom is -0.399 e. The molecule has 0 aliphatic heterocycles. The summed E-state index contributed by atoms with van der Waals surface area (Å²) in [7, 11) is 0. The summed E-state index contributed by atoms with van der Waals surface area (Å²) in [6, 6.07) is 7.48. The molecular weight excluding hydrogens is 218 g/mol. The van der Waals surface area contributed by atoms with Crippen molar-refractivity contribution in [2.45, 2.75) is 26.4 Å². The van der Waals surface area contributed by atoms with Crippen molar-refractivity contribution < 1.29 is 5.11 Å². The first-order valence-corrected chi connectivity index (χ1v) is 6.90. The number of nitrogen functional groups attached to an aromatic ring is 1. The van der Waals surface area contributed by atoms with Crippen LogP contribution in [-0.2, 0) is 0 Å². The van der Waals surface area contributed by atoms with Crippen molar-refractivity contribution in [3.8, 4) is 0 Å². The van der Waals surface area contributed by atoms with E-state index in [1.54, 1.807) is 11.8 Å². The van der Waals surface area contributed by atoms with E-state index in [2.05, 4.69) is 13.8 Å². The highest BCUT2D eigenvalue weighted by Crippen LogP contribution is 2.21. The Morgan fingerprint density at radius 1 is 1.38 bits per heavy atom. The highest BCUT2D eigenvalue weighted by molar-refractivity contribution is 7.99. The summed E-state index contributed by atoms with van der Waals surface area (Å²) in [5, 5.41) is 9.95. The number of benzene rings is 1. The monoisotopic (exact) mass is 239 g/mol. The maximum absolute atomic E-state index is 9.95. The predicted molar refractivity (Wildman–Crippen MR) is 72.6 cm³/mol. The van der Waals surface area contributed by atoms with Crippen LogP contribution < -0.4 is 5.73 Å². The molecule has 1 rings (SSSR count). The van der Waals surface area contributed by atoms with Gasteiger partial charge < -0.3 is 10.8 Å². The Bertz CT molecular complexity index is 317. The molecule has 0 radical (unpaired) electrons. The number of aliphatic hydroxyl groups is 1. The third-order valence-corrected chi connectivity index (χ3v) is 4.03. The lowest BCUT2D eigenvalue weighted by molar-refractivity contribution is 0.204. The molecule has 0 saturated carbocycles. The molecule has 1 aromatic rings. The maximum Gasteiger partial charge on any atom is 0.0881 e. The van der Waals surface area contributed by atoms with Crippen LogP contribution in [0.5, 0.6) is 0 Å². The molecule has 3 heteroatoms. The first-order chi connectivity index (χ1) is 7.63. The van der Waals surface area contributed by atoms with E-state index < -0.39 is 6.10 Å². The lowest BCUT2D eigenvalue weighted by Crippen LogP contribution is -2.04. The van der Waals surface area contributed by atoms with Gasteiger partial charge in [0.1, 0.15) is 0 Å². The Balaban J connectivity index is 2.38. The van der Waals surface area contributed by atoms with E-state index >= 15 is 0 Å². The Hall–Kier alpha value is -0.670. The quantitative estimate of drug-likeness (QED) is 0.750. The molecule has 0 fully saturated rings. The van der Waals surface area contributed by atoms with Gasteiger partial charge in [0.25, 0.3) is 0 Å². The van der Waals surface area contributed by atoms with Gasteiger partial charge in [0, 0.05) is 11.4 Å². The third kappa shape index (κ3) is 4.45. The van der Waals surface area contributed by atoms with Gasteiger partial charge in [-0.05, 0) is 29.4 Å². The summed E-state index contributed by atoms with van der Waals surface area (Å²) in [5.41, 5.74) is 7.30. The van der Waals surface area contributed by atoms with Crippen LogP contribution in [0.1, 0.15) is 31.9 Å². The van der Waals surface area contributed by atoms with E-state index in [1.807, 2.05) is 24.3 Å². The van der Waals surface area contributed by atoms with Gasteiger partial charge in [0.05, 0.1) is 6.10 Å². The summed E-state index contributed by atoms with van der Waals surface area (Å²) in [6.07, 6.45) is 0.791. The average molecular weight is 239 g/mol. The molecule has 0 aliphatic rings. The second-order valence-corrected chi connectivity index (χ2v) is 5.31. The molecule has 0 aliphatic carbocycles. The Kier molecular flexibility index (Phi) is 5.71. The molecule has 90 valence electrons. The Morgan fingerprint density at radius 2 is 2.12 bits per heavy atom. The first-order valence-electron chi connectivity index (χ1n) is 5.74. The molecule has 0 amide bonds. The van der Waals surface area contributed by atoms with Crippen LogP contribution in [0.25, 0.3) is 0 Å². The number of aliphatic hydroxyl groups excluding tert-OH is 1. The third-order valence-electron chi connectivity index (χ3n) is 2.67. The van der Waals surface area contributed by atoms with Crippen molar-refractivity contribution in [1.82, 2.24) is 0 Å². The minimum atomic E-state index is -0.405. The molecule has 3 N–H and O–H groups in total.